The zero-order chi connectivity index (χ0) is 19.5. The van der Waals surface area contributed by atoms with Crippen LogP contribution in [0.25, 0.3) is 0 Å². The molecule has 2 bridgehead atoms. The van der Waals surface area contributed by atoms with Gasteiger partial charge in [0.2, 0.25) is 5.79 Å². The lowest BCUT2D eigenvalue weighted by Crippen LogP contribution is -2.70. The molecule has 0 aromatic heterocycles. The molecule has 4 aliphatic heterocycles. The lowest BCUT2D eigenvalue weighted by molar-refractivity contribution is -0.577. The SMILES string of the molecule is C[C@H]1C(OCc2ccc(F)cc2)O[C@@H]2O[C@@]3(C)CCC4[C@H](C)CCC1[C@]42OO3. The van der Waals surface area contributed by atoms with E-state index >= 15 is 0 Å². The van der Waals surface area contributed by atoms with Gasteiger partial charge in [0.25, 0.3) is 0 Å². The number of rotatable bonds is 3. The Bertz CT molecular complexity index is 726. The van der Waals surface area contributed by atoms with Gasteiger partial charge in [-0.2, -0.15) is 0 Å². The van der Waals surface area contributed by atoms with Crippen LogP contribution < -0.4 is 0 Å². The molecule has 4 heterocycles. The average Bonchev–Trinajstić information content (AvgIpc) is 2.91. The number of hydrogen-bond donors (Lipinski definition) is 0. The van der Waals surface area contributed by atoms with Crippen molar-refractivity contribution in [3.8, 4) is 0 Å². The quantitative estimate of drug-likeness (QED) is 0.706. The van der Waals surface area contributed by atoms with Crippen molar-refractivity contribution < 1.29 is 28.4 Å². The molecule has 1 saturated carbocycles. The van der Waals surface area contributed by atoms with E-state index in [1.165, 1.54) is 18.6 Å². The third-order valence-corrected chi connectivity index (χ3v) is 7.42. The van der Waals surface area contributed by atoms with Gasteiger partial charge in [-0.25, -0.2) is 14.2 Å². The standard InChI is InChI=1S/C22H29FO5/c1-13-4-9-18-14(2)19(24-12-15-5-7-16(23)8-6-15)25-20-22(18)17(13)10-11-21(3,26-20)27-28-22/h5-8,13-14,17-20H,4,9-12H2,1-3H3/t13-,14-,17?,18?,19?,20-,21-,22-/m1/s1. The fourth-order valence-electron chi connectivity index (χ4n) is 5.82. The molecule has 6 rings (SSSR count). The minimum Gasteiger partial charge on any atom is -0.348 e. The van der Waals surface area contributed by atoms with Gasteiger partial charge in [-0.05, 0) is 55.7 Å². The Kier molecular flexibility index (Phi) is 4.56. The number of fused-ring (bicyclic) bond motifs is 2. The van der Waals surface area contributed by atoms with Gasteiger partial charge in [0, 0.05) is 18.3 Å². The first-order chi connectivity index (χ1) is 13.4. The van der Waals surface area contributed by atoms with Crippen molar-refractivity contribution >= 4 is 0 Å². The summed E-state index contributed by atoms with van der Waals surface area (Å²) in [5.74, 6) is 0.248. The predicted molar refractivity (Wildman–Crippen MR) is 98.0 cm³/mol. The molecular weight excluding hydrogens is 363 g/mol. The predicted octanol–water partition coefficient (Wildman–Crippen LogP) is 4.55. The molecule has 154 valence electrons. The maximum Gasteiger partial charge on any atom is 0.201 e. The van der Waals surface area contributed by atoms with Crippen molar-refractivity contribution in [1.29, 1.82) is 0 Å². The topological polar surface area (TPSA) is 46.2 Å². The van der Waals surface area contributed by atoms with Gasteiger partial charge in [0.1, 0.15) is 5.82 Å². The van der Waals surface area contributed by atoms with Gasteiger partial charge in [-0.3, -0.25) is 0 Å². The van der Waals surface area contributed by atoms with Crippen molar-refractivity contribution in [3.05, 3.63) is 35.6 Å². The van der Waals surface area contributed by atoms with E-state index in [2.05, 4.69) is 13.8 Å². The zero-order valence-electron chi connectivity index (χ0n) is 16.7. The van der Waals surface area contributed by atoms with E-state index in [0.717, 1.165) is 24.8 Å². The third kappa shape index (κ3) is 2.84. The third-order valence-electron chi connectivity index (χ3n) is 7.42. The number of hydrogen-bond acceptors (Lipinski definition) is 5. The Morgan fingerprint density at radius 2 is 1.86 bits per heavy atom. The monoisotopic (exact) mass is 392 g/mol. The summed E-state index contributed by atoms with van der Waals surface area (Å²) >= 11 is 0. The van der Waals surface area contributed by atoms with Crippen LogP contribution in [0.5, 0.6) is 0 Å². The molecule has 5 aliphatic rings. The summed E-state index contributed by atoms with van der Waals surface area (Å²) in [6, 6.07) is 6.38. The van der Waals surface area contributed by atoms with Crippen LogP contribution in [0, 0.1) is 29.5 Å². The van der Waals surface area contributed by atoms with Gasteiger partial charge >= 0.3 is 0 Å². The lowest BCUT2D eigenvalue weighted by Gasteiger charge is -2.60. The van der Waals surface area contributed by atoms with Gasteiger partial charge in [-0.1, -0.05) is 26.0 Å². The number of ether oxygens (including phenoxy) is 3. The van der Waals surface area contributed by atoms with E-state index < -0.39 is 24.0 Å². The van der Waals surface area contributed by atoms with Crippen LogP contribution >= 0.6 is 0 Å². The summed E-state index contributed by atoms with van der Waals surface area (Å²) in [5, 5.41) is 0. The molecule has 5 fully saturated rings. The normalized spacial score (nSPS) is 47.4. The molecule has 28 heavy (non-hydrogen) atoms. The maximum absolute atomic E-state index is 13.2. The molecule has 8 atom stereocenters. The first-order valence-corrected chi connectivity index (χ1v) is 10.5. The first kappa shape index (κ1) is 18.9. The number of benzene rings is 1. The van der Waals surface area contributed by atoms with Crippen molar-refractivity contribution in [2.24, 2.45) is 23.7 Å². The van der Waals surface area contributed by atoms with Gasteiger partial charge < -0.3 is 14.2 Å². The molecule has 5 nitrogen and oxygen atoms in total. The molecule has 1 aromatic carbocycles. The molecule has 3 unspecified atom stereocenters. The van der Waals surface area contributed by atoms with Crippen LogP contribution in [0.15, 0.2) is 24.3 Å². The second kappa shape index (κ2) is 6.74. The largest absolute Gasteiger partial charge is 0.348 e. The van der Waals surface area contributed by atoms with Crippen molar-refractivity contribution in [3.63, 3.8) is 0 Å². The van der Waals surface area contributed by atoms with Crippen LogP contribution in [-0.4, -0.2) is 24.0 Å². The van der Waals surface area contributed by atoms with E-state index in [4.69, 9.17) is 24.0 Å². The lowest BCUT2D eigenvalue weighted by atomic mass is 9.58. The fourth-order valence-corrected chi connectivity index (χ4v) is 5.82. The Morgan fingerprint density at radius 1 is 1.07 bits per heavy atom. The van der Waals surface area contributed by atoms with E-state index in [0.29, 0.717) is 18.4 Å². The van der Waals surface area contributed by atoms with Gasteiger partial charge in [0.15, 0.2) is 18.2 Å². The van der Waals surface area contributed by atoms with Gasteiger partial charge in [0.05, 0.1) is 6.61 Å². The highest BCUT2D eigenvalue weighted by Gasteiger charge is 2.69. The smallest absolute Gasteiger partial charge is 0.201 e. The van der Waals surface area contributed by atoms with E-state index in [-0.39, 0.29) is 17.7 Å². The van der Waals surface area contributed by atoms with Gasteiger partial charge in [-0.15, -0.1) is 0 Å². The molecule has 6 heteroatoms. The first-order valence-electron chi connectivity index (χ1n) is 10.5. The molecule has 0 radical (unpaired) electrons. The minimum absolute atomic E-state index is 0.140. The van der Waals surface area contributed by atoms with Crippen LogP contribution in [0.2, 0.25) is 0 Å². The van der Waals surface area contributed by atoms with Crippen LogP contribution in [-0.2, 0) is 30.6 Å². The van der Waals surface area contributed by atoms with E-state index in [1.807, 2.05) is 6.92 Å². The fraction of sp³-hybridized carbons (Fsp3) is 0.727. The molecule has 1 aliphatic carbocycles. The second-order valence-electron chi connectivity index (χ2n) is 9.21. The van der Waals surface area contributed by atoms with Crippen LogP contribution in [0.4, 0.5) is 4.39 Å². The van der Waals surface area contributed by atoms with Crippen molar-refractivity contribution in [2.75, 3.05) is 0 Å². The summed E-state index contributed by atoms with van der Waals surface area (Å²) < 4.78 is 32.0. The summed E-state index contributed by atoms with van der Waals surface area (Å²) in [5.41, 5.74) is 0.352. The van der Waals surface area contributed by atoms with Crippen molar-refractivity contribution in [1.82, 2.24) is 0 Å². The highest BCUT2D eigenvalue weighted by Crippen LogP contribution is 2.60. The average molecular weight is 392 g/mol. The second-order valence-corrected chi connectivity index (χ2v) is 9.21. The van der Waals surface area contributed by atoms with E-state index in [9.17, 15) is 4.39 Å². The highest BCUT2D eigenvalue weighted by molar-refractivity contribution is 5.15. The van der Waals surface area contributed by atoms with Crippen LogP contribution in [0.3, 0.4) is 0 Å². The summed E-state index contributed by atoms with van der Waals surface area (Å²) in [4.78, 5) is 12.0. The van der Waals surface area contributed by atoms with E-state index in [1.54, 1.807) is 12.1 Å². The molecule has 1 aromatic rings. The van der Waals surface area contributed by atoms with Crippen molar-refractivity contribution in [2.45, 2.75) is 77.0 Å². The molecule has 4 saturated heterocycles. The molecule has 0 amide bonds. The van der Waals surface area contributed by atoms with Crippen LogP contribution in [0.1, 0.15) is 52.0 Å². The Morgan fingerprint density at radius 3 is 2.64 bits per heavy atom. The summed E-state index contributed by atoms with van der Waals surface area (Å²) in [6.07, 6.45) is 3.12. The molecule has 0 N–H and O–H groups in total. The minimum atomic E-state index is -0.778. The molecule has 1 spiro atoms. The Labute approximate surface area is 165 Å². The Hall–Kier alpha value is -1.05. The summed E-state index contributed by atoms with van der Waals surface area (Å²) in [6.45, 7) is 6.77. The zero-order valence-corrected chi connectivity index (χ0v) is 16.7. The molecular formula is C22H29FO5. The Balaban J connectivity index is 1.40. The highest BCUT2D eigenvalue weighted by atomic mass is 19.1. The maximum atomic E-state index is 13.2. The summed E-state index contributed by atoms with van der Waals surface area (Å²) in [7, 11) is 0. The number of halogens is 1.